The first-order chi connectivity index (χ1) is 7.01. The number of allylic oxidation sites excluding steroid dienone is 2. The van der Waals surface area contributed by atoms with Crippen molar-refractivity contribution in [3.63, 3.8) is 0 Å². The molecule has 3 rings (SSSR count). The third-order valence-electron chi connectivity index (χ3n) is 3.90. The van der Waals surface area contributed by atoms with Gasteiger partial charge in [-0.05, 0) is 60.5 Å². The Morgan fingerprint density at radius 1 is 0.933 bits per heavy atom. The molecule has 0 spiro atoms. The number of hydrogen-bond acceptors (Lipinski definition) is 0. The number of rotatable bonds is 0. The van der Waals surface area contributed by atoms with E-state index in [1.807, 2.05) is 0 Å². The Morgan fingerprint density at radius 2 is 1.33 bits per heavy atom. The van der Waals surface area contributed by atoms with E-state index in [0.29, 0.717) is 17.3 Å². The summed E-state index contributed by atoms with van der Waals surface area (Å²) in [5.41, 5.74) is 3.37. The Morgan fingerprint density at radius 3 is 1.73 bits per heavy atom. The van der Waals surface area contributed by atoms with Gasteiger partial charge in [-0.15, -0.1) is 0 Å². The molecule has 0 fully saturated rings. The zero-order chi connectivity index (χ0) is 10.8. The highest BCUT2D eigenvalue weighted by Crippen LogP contribution is 2.61. The van der Waals surface area contributed by atoms with Crippen molar-refractivity contribution in [3.05, 3.63) is 44.4 Å². The van der Waals surface area contributed by atoms with E-state index < -0.39 is 0 Å². The second kappa shape index (κ2) is 2.98. The summed E-state index contributed by atoms with van der Waals surface area (Å²) in [5.74, 6) is 1.20. The van der Waals surface area contributed by atoms with E-state index in [-0.39, 0.29) is 0 Å². The third-order valence-corrected chi connectivity index (χ3v) is 5.74. The van der Waals surface area contributed by atoms with E-state index in [4.69, 9.17) is 0 Å². The zero-order valence-corrected chi connectivity index (χ0v) is 11.9. The molecule has 2 atom stereocenters. The second-order valence-corrected chi connectivity index (χ2v) is 6.77. The molecule has 0 heterocycles. The van der Waals surface area contributed by atoms with Crippen LogP contribution in [0, 0.1) is 5.41 Å². The van der Waals surface area contributed by atoms with Crippen molar-refractivity contribution in [2.24, 2.45) is 5.41 Å². The average Bonchev–Trinajstić information content (AvgIpc) is 2.55. The first-order valence-corrected chi connectivity index (χ1v) is 6.77. The van der Waals surface area contributed by atoms with Crippen LogP contribution in [0.3, 0.4) is 0 Å². The van der Waals surface area contributed by atoms with Crippen LogP contribution in [0.4, 0.5) is 0 Å². The molecular formula is C13H12Br2. The van der Waals surface area contributed by atoms with Crippen molar-refractivity contribution >= 4 is 31.9 Å². The van der Waals surface area contributed by atoms with Crippen LogP contribution in [0.5, 0.6) is 0 Å². The molecule has 0 saturated heterocycles. The van der Waals surface area contributed by atoms with Crippen LogP contribution >= 0.6 is 31.9 Å². The van der Waals surface area contributed by atoms with E-state index in [0.717, 1.165) is 8.95 Å². The van der Waals surface area contributed by atoms with Gasteiger partial charge in [-0.3, -0.25) is 0 Å². The highest BCUT2D eigenvalue weighted by molar-refractivity contribution is 9.13. The van der Waals surface area contributed by atoms with Crippen LogP contribution in [-0.2, 0) is 0 Å². The number of hydrogen-bond donors (Lipinski definition) is 0. The molecule has 2 aliphatic rings. The van der Waals surface area contributed by atoms with Crippen LogP contribution in [0.15, 0.2) is 33.2 Å². The van der Waals surface area contributed by atoms with Crippen molar-refractivity contribution in [3.8, 4) is 0 Å². The fourth-order valence-corrected chi connectivity index (χ4v) is 3.76. The van der Waals surface area contributed by atoms with E-state index in [1.165, 1.54) is 11.1 Å². The van der Waals surface area contributed by atoms with Gasteiger partial charge in [0.1, 0.15) is 0 Å². The third kappa shape index (κ3) is 1.18. The lowest BCUT2D eigenvalue weighted by Gasteiger charge is -2.24. The molecule has 0 saturated carbocycles. The SMILES string of the molecule is CC1(C)C2C=CC1c1cc(Br)c(Br)cc12. The van der Waals surface area contributed by atoms with Crippen molar-refractivity contribution in [2.75, 3.05) is 0 Å². The van der Waals surface area contributed by atoms with Crippen molar-refractivity contribution in [1.29, 1.82) is 0 Å². The molecule has 0 aliphatic heterocycles. The van der Waals surface area contributed by atoms with E-state index >= 15 is 0 Å². The summed E-state index contributed by atoms with van der Waals surface area (Å²) in [6.45, 7) is 4.73. The van der Waals surface area contributed by atoms with Gasteiger partial charge in [-0.25, -0.2) is 0 Å². The Bertz CT molecular complexity index is 431. The standard InChI is InChI=1S/C13H12Br2/c1-13(2)9-3-4-10(13)8-6-12(15)11(14)5-7(8)9/h3-6,9-10H,1-2H3. The molecule has 0 aromatic heterocycles. The Hall–Kier alpha value is -0.0800. The highest BCUT2D eigenvalue weighted by atomic mass is 79.9. The Kier molecular flexibility index (Phi) is 2.01. The summed E-state index contributed by atoms with van der Waals surface area (Å²) >= 11 is 7.17. The molecule has 15 heavy (non-hydrogen) atoms. The van der Waals surface area contributed by atoms with Crippen molar-refractivity contribution < 1.29 is 0 Å². The largest absolute Gasteiger partial charge is 0.0798 e. The lowest BCUT2D eigenvalue weighted by molar-refractivity contribution is 0.343. The topological polar surface area (TPSA) is 0 Å². The predicted molar refractivity (Wildman–Crippen MR) is 70.2 cm³/mol. The van der Waals surface area contributed by atoms with Crippen LogP contribution in [0.2, 0.25) is 0 Å². The number of halogens is 2. The summed E-state index contributed by atoms with van der Waals surface area (Å²) in [6, 6.07) is 4.55. The minimum atomic E-state index is 0.364. The zero-order valence-electron chi connectivity index (χ0n) is 8.72. The molecule has 0 amide bonds. The van der Waals surface area contributed by atoms with Gasteiger partial charge < -0.3 is 0 Å². The van der Waals surface area contributed by atoms with Gasteiger partial charge in [-0.2, -0.15) is 0 Å². The molecule has 2 heteroatoms. The van der Waals surface area contributed by atoms with Crippen molar-refractivity contribution in [1.82, 2.24) is 0 Å². The summed E-state index contributed by atoms with van der Waals surface area (Å²) in [4.78, 5) is 0. The summed E-state index contributed by atoms with van der Waals surface area (Å²) in [5, 5.41) is 0. The lowest BCUT2D eigenvalue weighted by atomic mass is 9.79. The molecule has 2 unspecified atom stereocenters. The molecule has 2 aliphatic carbocycles. The predicted octanol–water partition coefficient (Wildman–Crippen LogP) is 4.99. The van der Waals surface area contributed by atoms with Gasteiger partial charge in [-0.1, -0.05) is 26.0 Å². The van der Waals surface area contributed by atoms with Gasteiger partial charge in [0.15, 0.2) is 0 Å². The smallest absolute Gasteiger partial charge is 0.0320 e. The molecule has 0 radical (unpaired) electrons. The van der Waals surface area contributed by atoms with Gasteiger partial charge in [0.25, 0.3) is 0 Å². The number of fused-ring (bicyclic) bond motifs is 5. The summed E-state index contributed by atoms with van der Waals surface area (Å²) < 4.78 is 2.33. The Balaban J connectivity index is 2.25. The molecule has 78 valence electrons. The fraction of sp³-hybridized carbons (Fsp3) is 0.385. The van der Waals surface area contributed by atoms with Crippen LogP contribution in [0.1, 0.15) is 36.8 Å². The molecule has 1 aromatic rings. The molecule has 0 nitrogen and oxygen atoms in total. The normalized spacial score (nSPS) is 29.6. The quantitative estimate of drug-likeness (QED) is 0.589. The van der Waals surface area contributed by atoms with Crippen LogP contribution < -0.4 is 0 Å². The maximum absolute atomic E-state index is 3.59. The van der Waals surface area contributed by atoms with E-state index in [9.17, 15) is 0 Å². The summed E-state index contributed by atoms with van der Waals surface area (Å²) in [6.07, 6.45) is 4.74. The molecular weight excluding hydrogens is 316 g/mol. The first kappa shape index (κ1) is 10.1. The van der Waals surface area contributed by atoms with Gasteiger partial charge in [0.2, 0.25) is 0 Å². The minimum Gasteiger partial charge on any atom is -0.0798 e. The second-order valence-electron chi connectivity index (χ2n) is 5.06. The van der Waals surface area contributed by atoms with Crippen LogP contribution in [-0.4, -0.2) is 0 Å². The minimum absolute atomic E-state index is 0.364. The lowest BCUT2D eigenvalue weighted by Crippen LogP contribution is -2.14. The molecule has 1 aromatic carbocycles. The highest BCUT2D eigenvalue weighted by Gasteiger charge is 2.48. The molecule has 2 bridgehead atoms. The maximum Gasteiger partial charge on any atom is 0.0320 e. The maximum atomic E-state index is 3.59. The van der Waals surface area contributed by atoms with Crippen LogP contribution in [0.25, 0.3) is 0 Å². The Labute approximate surface area is 107 Å². The van der Waals surface area contributed by atoms with E-state index in [1.54, 1.807) is 0 Å². The van der Waals surface area contributed by atoms with E-state index in [2.05, 4.69) is 70.0 Å². The van der Waals surface area contributed by atoms with Gasteiger partial charge in [0, 0.05) is 20.8 Å². The average molecular weight is 328 g/mol. The van der Waals surface area contributed by atoms with Gasteiger partial charge >= 0.3 is 0 Å². The summed E-state index contributed by atoms with van der Waals surface area (Å²) in [7, 11) is 0. The van der Waals surface area contributed by atoms with Gasteiger partial charge in [0.05, 0.1) is 0 Å². The monoisotopic (exact) mass is 326 g/mol. The fourth-order valence-electron chi connectivity index (χ4n) is 3.04. The number of benzene rings is 1. The molecule has 0 N–H and O–H groups in total. The van der Waals surface area contributed by atoms with Crippen molar-refractivity contribution in [2.45, 2.75) is 25.7 Å². The first-order valence-electron chi connectivity index (χ1n) is 5.19.